The first kappa shape index (κ1) is 12.5. The topological polar surface area (TPSA) is 75.3 Å². The van der Waals surface area contributed by atoms with E-state index < -0.39 is 0 Å². The second-order valence-electron chi connectivity index (χ2n) is 3.97. The van der Waals surface area contributed by atoms with Crippen LogP contribution in [0, 0.1) is 6.92 Å². The summed E-state index contributed by atoms with van der Waals surface area (Å²) in [6, 6.07) is 4.96. The molecular weight excluding hydrogens is 204 g/mol. The molecule has 1 amide bonds. The SMILES string of the molecule is Cc1ccc(O)c(C(=O)NC(C)CCN)c1. The molecule has 0 aromatic heterocycles. The van der Waals surface area contributed by atoms with E-state index in [1.54, 1.807) is 12.1 Å². The predicted molar refractivity (Wildman–Crippen MR) is 63.4 cm³/mol. The Morgan fingerprint density at radius 3 is 2.88 bits per heavy atom. The number of carbonyl (C=O) groups excluding carboxylic acids is 1. The quantitative estimate of drug-likeness (QED) is 0.715. The van der Waals surface area contributed by atoms with Crippen molar-refractivity contribution >= 4 is 5.91 Å². The highest BCUT2D eigenvalue weighted by Gasteiger charge is 2.13. The zero-order valence-corrected chi connectivity index (χ0v) is 9.66. The van der Waals surface area contributed by atoms with Gasteiger partial charge in [0.25, 0.3) is 5.91 Å². The Labute approximate surface area is 95.5 Å². The molecule has 0 saturated heterocycles. The molecule has 4 nitrogen and oxygen atoms in total. The molecular formula is C12H18N2O2. The van der Waals surface area contributed by atoms with Crippen molar-refractivity contribution in [1.82, 2.24) is 5.32 Å². The maximum absolute atomic E-state index is 11.8. The van der Waals surface area contributed by atoms with Crippen LogP contribution in [0.4, 0.5) is 0 Å². The van der Waals surface area contributed by atoms with Crippen molar-refractivity contribution in [3.05, 3.63) is 29.3 Å². The standard InChI is InChI=1S/C12H18N2O2/c1-8-3-4-11(15)10(7-8)12(16)14-9(2)5-6-13/h3-4,7,9,15H,5-6,13H2,1-2H3,(H,14,16). The van der Waals surface area contributed by atoms with Crippen molar-refractivity contribution < 1.29 is 9.90 Å². The number of phenolic OH excluding ortho intramolecular Hbond substituents is 1. The Kier molecular flexibility index (Phi) is 4.31. The van der Waals surface area contributed by atoms with Gasteiger partial charge in [0, 0.05) is 6.04 Å². The van der Waals surface area contributed by atoms with Gasteiger partial charge >= 0.3 is 0 Å². The fourth-order valence-electron chi connectivity index (χ4n) is 1.46. The lowest BCUT2D eigenvalue weighted by atomic mass is 10.1. The van der Waals surface area contributed by atoms with Gasteiger partial charge in [-0.15, -0.1) is 0 Å². The summed E-state index contributed by atoms with van der Waals surface area (Å²) in [5.41, 5.74) is 6.65. The lowest BCUT2D eigenvalue weighted by molar-refractivity contribution is 0.0936. The van der Waals surface area contributed by atoms with E-state index in [0.717, 1.165) is 12.0 Å². The highest BCUT2D eigenvalue weighted by Crippen LogP contribution is 2.18. The predicted octanol–water partition coefficient (Wildman–Crippen LogP) is 1.17. The average molecular weight is 222 g/mol. The Balaban J connectivity index is 2.76. The molecule has 16 heavy (non-hydrogen) atoms. The van der Waals surface area contributed by atoms with E-state index in [9.17, 15) is 9.90 Å². The van der Waals surface area contributed by atoms with E-state index in [-0.39, 0.29) is 17.7 Å². The number of rotatable bonds is 4. The van der Waals surface area contributed by atoms with Crippen LogP contribution in [-0.2, 0) is 0 Å². The number of nitrogens with two attached hydrogens (primary N) is 1. The molecule has 0 aliphatic carbocycles. The largest absolute Gasteiger partial charge is 0.507 e. The number of aromatic hydroxyl groups is 1. The molecule has 0 aliphatic rings. The number of benzene rings is 1. The second-order valence-corrected chi connectivity index (χ2v) is 3.97. The number of hydrogen-bond donors (Lipinski definition) is 3. The lowest BCUT2D eigenvalue weighted by Crippen LogP contribution is -2.34. The van der Waals surface area contributed by atoms with Crippen LogP contribution < -0.4 is 11.1 Å². The highest BCUT2D eigenvalue weighted by atomic mass is 16.3. The summed E-state index contributed by atoms with van der Waals surface area (Å²) in [4.78, 5) is 11.8. The molecule has 88 valence electrons. The zero-order valence-electron chi connectivity index (χ0n) is 9.66. The molecule has 0 heterocycles. The van der Waals surface area contributed by atoms with Gasteiger partial charge in [0.1, 0.15) is 5.75 Å². The van der Waals surface area contributed by atoms with Crippen molar-refractivity contribution in [2.75, 3.05) is 6.54 Å². The fourth-order valence-corrected chi connectivity index (χ4v) is 1.46. The van der Waals surface area contributed by atoms with Gasteiger partial charge in [-0.05, 0) is 38.9 Å². The van der Waals surface area contributed by atoms with Gasteiger partial charge in [0.2, 0.25) is 0 Å². The summed E-state index contributed by atoms with van der Waals surface area (Å²) in [5, 5.41) is 12.3. The molecule has 0 bridgehead atoms. The van der Waals surface area contributed by atoms with Crippen LogP contribution >= 0.6 is 0 Å². The van der Waals surface area contributed by atoms with Crippen molar-refractivity contribution in [3.8, 4) is 5.75 Å². The Morgan fingerprint density at radius 1 is 1.56 bits per heavy atom. The van der Waals surface area contributed by atoms with Crippen molar-refractivity contribution in [2.45, 2.75) is 26.3 Å². The number of hydrogen-bond acceptors (Lipinski definition) is 3. The first-order valence-electron chi connectivity index (χ1n) is 5.35. The fraction of sp³-hybridized carbons (Fsp3) is 0.417. The summed E-state index contributed by atoms with van der Waals surface area (Å²) < 4.78 is 0. The van der Waals surface area contributed by atoms with Gasteiger partial charge in [0.15, 0.2) is 0 Å². The number of amides is 1. The van der Waals surface area contributed by atoms with E-state index in [0.29, 0.717) is 12.1 Å². The Hall–Kier alpha value is -1.55. The molecule has 1 unspecified atom stereocenters. The molecule has 1 rings (SSSR count). The maximum Gasteiger partial charge on any atom is 0.255 e. The minimum absolute atomic E-state index is 0.00282. The Bertz CT molecular complexity index is 377. The summed E-state index contributed by atoms with van der Waals surface area (Å²) in [6.07, 6.45) is 0.721. The minimum Gasteiger partial charge on any atom is -0.507 e. The zero-order chi connectivity index (χ0) is 12.1. The van der Waals surface area contributed by atoms with Crippen LogP contribution in [0.5, 0.6) is 5.75 Å². The highest BCUT2D eigenvalue weighted by molar-refractivity contribution is 5.97. The maximum atomic E-state index is 11.8. The van der Waals surface area contributed by atoms with E-state index in [4.69, 9.17) is 5.73 Å². The molecule has 0 radical (unpaired) electrons. The van der Waals surface area contributed by atoms with Crippen LogP contribution in [-0.4, -0.2) is 23.6 Å². The van der Waals surface area contributed by atoms with Crippen molar-refractivity contribution in [2.24, 2.45) is 5.73 Å². The Morgan fingerprint density at radius 2 is 2.25 bits per heavy atom. The summed E-state index contributed by atoms with van der Waals surface area (Å²) >= 11 is 0. The smallest absolute Gasteiger partial charge is 0.255 e. The van der Waals surface area contributed by atoms with Crippen LogP contribution in [0.15, 0.2) is 18.2 Å². The van der Waals surface area contributed by atoms with E-state index in [1.165, 1.54) is 6.07 Å². The molecule has 0 spiro atoms. The third-order valence-electron chi connectivity index (χ3n) is 2.37. The first-order chi connectivity index (χ1) is 7.54. The van der Waals surface area contributed by atoms with Gasteiger partial charge in [-0.25, -0.2) is 0 Å². The van der Waals surface area contributed by atoms with Crippen LogP contribution in [0.25, 0.3) is 0 Å². The molecule has 4 heteroatoms. The van der Waals surface area contributed by atoms with E-state index >= 15 is 0 Å². The molecule has 0 fully saturated rings. The number of nitrogens with one attached hydrogen (secondary N) is 1. The van der Waals surface area contributed by atoms with E-state index in [1.807, 2.05) is 13.8 Å². The van der Waals surface area contributed by atoms with Gasteiger partial charge < -0.3 is 16.2 Å². The average Bonchev–Trinajstić information content (AvgIpc) is 2.21. The lowest BCUT2D eigenvalue weighted by Gasteiger charge is -2.13. The van der Waals surface area contributed by atoms with Crippen molar-refractivity contribution in [3.63, 3.8) is 0 Å². The third-order valence-corrected chi connectivity index (χ3v) is 2.37. The number of aryl methyl sites for hydroxylation is 1. The second kappa shape index (κ2) is 5.51. The third kappa shape index (κ3) is 3.24. The molecule has 1 aromatic carbocycles. The van der Waals surface area contributed by atoms with Crippen molar-refractivity contribution in [1.29, 1.82) is 0 Å². The normalized spacial score (nSPS) is 12.2. The number of phenols is 1. The molecule has 0 aliphatic heterocycles. The molecule has 1 atom stereocenters. The molecule has 4 N–H and O–H groups in total. The van der Waals surface area contributed by atoms with Crippen LogP contribution in [0.1, 0.15) is 29.3 Å². The summed E-state index contributed by atoms with van der Waals surface area (Å²) in [6.45, 7) is 4.29. The van der Waals surface area contributed by atoms with E-state index in [2.05, 4.69) is 5.32 Å². The molecule has 0 saturated carbocycles. The van der Waals surface area contributed by atoms with Crippen LogP contribution in [0.3, 0.4) is 0 Å². The summed E-state index contributed by atoms with van der Waals surface area (Å²) in [5.74, 6) is -0.259. The number of carbonyl (C=O) groups is 1. The minimum atomic E-state index is -0.262. The summed E-state index contributed by atoms with van der Waals surface area (Å²) in [7, 11) is 0. The monoisotopic (exact) mass is 222 g/mol. The van der Waals surface area contributed by atoms with Gasteiger partial charge in [-0.3, -0.25) is 4.79 Å². The molecule has 1 aromatic rings. The van der Waals surface area contributed by atoms with Gasteiger partial charge in [-0.2, -0.15) is 0 Å². The van der Waals surface area contributed by atoms with Gasteiger partial charge in [0.05, 0.1) is 5.56 Å². The first-order valence-corrected chi connectivity index (χ1v) is 5.35. The van der Waals surface area contributed by atoms with Crippen LogP contribution in [0.2, 0.25) is 0 Å². The van der Waals surface area contributed by atoms with Gasteiger partial charge in [-0.1, -0.05) is 11.6 Å².